The number of aliphatic hydroxyl groups excluding tert-OH is 1. The van der Waals surface area contributed by atoms with E-state index < -0.39 is 30.9 Å². The highest BCUT2D eigenvalue weighted by molar-refractivity contribution is 5.74. The first-order valence-corrected chi connectivity index (χ1v) is 4.39. The third-order valence-corrected chi connectivity index (χ3v) is 0.779. The molecule has 0 atom stereocenters. The second-order valence-corrected chi connectivity index (χ2v) is 2.36. The van der Waals surface area contributed by atoms with Crippen LogP contribution in [-0.4, -0.2) is 42.6 Å². The maximum absolute atomic E-state index is 9.90. The summed E-state index contributed by atoms with van der Waals surface area (Å²) < 4.78 is 0. The molecular weight excluding hydrogens is 264 g/mol. The molecule has 0 aliphatic carbocycles. The van der Waals surface area contributed by atoms with Crippen molar-refractivity contribution in [3.05, 3.63) is 0 Å². The summed E-state index contributed by atoms with van der Waals surface area (Å²) in [5, 5.41) is 13.9. The highest BCUT2D eigenvalue weighted by Crippen LogP contribution is 1.53. The predicted octanol–water partition coefficient (Wildman–Crippen LogP) is -4.09. The number of amides is 8. The molecule has 0 aliphatic rings. The standard InChI is InChI=1S/C3H8N4O2.C2H6N2O2.CH4N2O/c4-2(8)6-1-7-3(5)9;3-2(6)4-1-5;2-1(3)4/h1H2,(H3,4,6,8)(H3,5,7,9);5H,1H2,(H3,3,4,6);(H4,2,3,4). The van der Waals surface area contributed by atoms with Crippen molar-refractivity contribution in [3.63, 3.8) is 0 Å². The molecule has 0 heterocycles. The zero-order valence-corrected chi connectivity index (χ0v) is 9.88. The van der Waals surface area contributed by atoms with E-state index in [2.05, 4.69) is 39.3 Å². The lowest BCUT2D eigenvalue weighted by Gasteiger charge is -1.99. The van der Waals surface area contributed by atoms with Gasteiger partial charge in [-0.1, -0.05) is 0 Å². The van der Waals surface area contributed by atoms with Gasteiger partial charge >= 0.3 is 24.1 Å². The average Bonchev–Trinajstić information content (AvgIpc) is 2.15. The normalized spacial score (nSPS) is 7.42. The van der Waals surface area contributed by atoms with Gasteiger partial charge in [0.2, 0.25) is 0 Å². The van der Waals surface area contributed by atoms with Crippen LogP contribution in [0.15, 0.2) is 0 Å². The molecule has 0 saturated heterocycles. The van der Waals surface area contributed by atoms with E-state index in [-0.39, 0.29) is 6.67 Å². The summed E-state index contributed by atoms with van der Waals surface area (Å²) in [6.45, 7) is -0.431. The molecule has 19 heavy (non-hydrogen) atoms. The van der Waals surface area contributed by atoms with Crippen LogP contribution in [0, 0.1) is 0 Å². The Kier molecular flexibility index (Phi) is 16.9. The van der Waals surface area contributed by atoms with E-state index in [1.165, 1.54) is 0 Å². The Labute approximate surface area is 107 Å². The molecule has 0 aromatic carbocycles. The van der Waals surface area contributed by atoms with Gasteiger partial charge in [-0.2, -0.15) is 0 Å². The van der Waals surface area contributed by atoms with Gasteiger partial charge in [-0.05, 0) is 0 Å². The Morgan fingerprint density at radius 1 is 0.737 bits per heavy atom. The fraction of sp³-hybridized carbons (Fsp3) is 0.333. The number of primary amides is 5. The van der Waals surface area contributed by atoms with Crippen LogP contribution in [-0.2, 0) is 0 Å². The molecule has 0 aromatic rings. The van der Waals surface area contributed by atoms with Crippen molar-refractivity contribution >= 4 is 24.1 Å². The first-order valence-electron chi connectivity index (χ1n) is 4.39. The van der Waals surface area contributed by atoms with Crippen molar-refractivity contribution in [1.82, 2.24) is 16.0 Å². The van der Waals surface area contributed by atoms with Gasteiger partial charge in [0.05, 0.1) is 6.67 Å². The van der Waals surface area contributed by atoms with Crippen molar-refractivity contribution < 1.29 is 24.3 Å². The summed E-state index contributed by atoms with van der Waals surface area (Å²) in [6, 6.07) is -2.95. The largest absolute Gasteiger partial charge is 0.376 e. The van der Waals surface area contributed by atoms with E-state index in [4.69, 9.17) is 9.90 Å². The van der Waals surface area contributed by atoms with Crippen molar-refractivity contribution in [2.24, 2.45) is 28.7 Å². The van der Waals surface area contributed by atoms with Crippen LogP contribution in [0.5, 0.6) is 0 Å². The Hall–Kier alpha value is -2.96. The minimum Gasteiger partial charge on any atom is -0.376 e. The van der Waals surface area contributed by atoms with Crippen LogP contribution < -0.4 is 44.6 Å². The number of hydrogen-bond acceptors (Lipinski definition) is 5. The van der Waals surface area contributed by atoms with Gasteiger partial charge in [0, 0.05) is 0 Å². The summed E-state index contributed by atoms with van der Waals surface area (Å²) in [5.41, 5.74) is 22.3. The van der Waals surface area contributed by atoms with E-state index >= 15 is 0 Å². The predicted molar refractivity (Wildman–Crippen MR) is 63.9 cm³/mol. The molecule has 0 saturated carbocycles. The van der Waals surface area contributed by atoms with Gasteiger partial charge in [-0.25, -0.2) is 19.2 Å². The molecule has 0 spiro atoms. The summed E-state index contributed by atoms with van der Waals surface area (Å²) in [5.74, 6) is 0. The Balaban J connectivity index is -0.000000222. The zero-order valence-electron chi connectivity index (χ0n) is 9.88. The summed E-state index contributed by atoms with van der Waals surface area (Å²) in [7, 11) is 0. The first-order chi connectivity index (χ1) is 8.63. The summed E-state index contributed by atoms with van der Waals surface area (Å²) in [4.78, 5) is 38.3. The SMILES string of the molecule is NC(=O)NCNC(N)=O.NC(=O)NCO.NC(N)=O. The molecule has 8 amide bonds. The molecule has 14 N–H and O–H groups in total. The number of carbonyl (C=O) groups is 4. The first kappa shape index (κ1) is 21.3. The zero-order chi connectivity index (χ0) is 15.8. The highest BCUT2D eigenvalue weighted by atomic mass is 16.3. The Morgan fingerprint density at radius 2 is 1.00 bits per heavy atom. The maximum atomic E-state index is 9.90. The lowest BCUT2D eigenvalue weighted by molar-refractivity contribution is 0.225. The fourth-order valence-corrected chi connectivity index (χ4v) is 0.296. The molecule has 0 rings (SSSR count). The van der Waals surface area contributed by atoms with Crippen molar-refractivity contribution in [2.45, 2.75) is 0 Å². The second-order valence-electron chi connectivity index (χ2n) is 2.36. The van der Waals surface area contributed by atoms with Crippen LogP contribution >= 0.6 is 0 Å². The highest BCUT2D eigenvalue weighted by Gasteiger charge is 1.90. The van der Waals surface area contributed by atoms with Gasteiger partial charge in [-0.15, -0.1) is 0 Å². The molecule has 0 fully saturated rings. The van der Waals surface area contributed by atoms with Gasteiger partial charge < -0.3 is 49.7 Å². The Bertz CT molecular complexity index is 277. The van der Waals surface area contributed by atoms with Gasteiger partial charge in [0.25, 0.3) is 0 Å². The topological polar surface area (TPSA) is 255 Å². The van der Waals surface area contributed by atoms with Gasteiger partial charge in [0.15, 0.2) is 0 Å². The summed E-state index contributed by atoms with van der Waals surface area (Å²) in [6.07, 6.45) is 0. The molecule has 0 radical (unpaired) electrons. The van der Waals surface area contributed by atoms with Crippen LogP contribution in [0.25, 0.3) is 0 Å². The number of nitrogens with two attached hydrogens (primary N) is 5. The maximum Gasteiger partial charge on any atom is 0.313 e. The molecule has 0 aliphatic heterocycles. The number of carbonyl (C=O) groups excluding carboxylic acids is 4. The van der Waals surface area contributed by atoms with Crippen LogP contribution in [0.3, 0.4) is 0 Å². The molecular formula is C6H18N8O5. The smallest absolute Gasteiger partial charge is 0.313 e. The monoisotopic (exact) mass is 282 g/mol. The lowest BCUT2D eigenvalue weighted by atomic mass is 10.9. The molecule has 13 nitrogen and oxygen atoms in total. The van der Waals surface area contributed by atoms with E-state index in [1.807, 2.05) is 5.32 Å². The van der Waals surface area contributed by atoms with Crippen LogP contribution in [0.1, 0.15) is 0 Å². The average molecular weight is 282 g/mol. The van der Waals surface area contributed by atoms with Crippen LogP contribution in [0.4, 0.5) is 19.2 Å². The summed E-state index contributed by atoms with van der Waals surface area (Å²) >= 11 is 0. The number of aliphatic hydroxyl groups is 1. The number of hydrogen-bond donors (Lipinski definition) is 9. The van der Waals surface area contributed by atoms with Gasteiger partial charge in [-0.3, -0.25) is 0 Å². The van der Waals surface area contributed by atoms with Crippen molar-refractivity contribution in [1.29, 1.82) is 0 Å². The molecule has 0 bridgehead atoms. The number of rotatable bonds is 3. The Morgan fingerprint density at radius 3 is 1.11 bits per heavy atom. The second kappa shape index (κ2) is 15.0. The van der Waals surface area contributed by atoms with Crippen molar-refractivity contribution in [2.75, 3.05) is 13.4 Å². The van der Waals surface area contributed by atoms with E-state index in [0.29, 0.717) is 0 Å². The molecule has 13 heteroatoms. The number of urea groups is 4. The minimum atomic E-state index is -0.833. The van der Waals surface area contributed by atoms with E-state index in [9.17, 15) is 14.4 Å². The molecule has 0 unspecified atom stereocenters. The molecule has 112 valence electrons. The minimum absolute atomic E-state index is 0.0370. The third kappa shape index (κ3) is 70.1. The third-order valence-electron chi connectivity index (χ3n) is 0.779. The van der Waals surface area contributed by atoms with E-state index in [1.54, 1.807) is 0 Å². The quantitative estimate of drug-likeness (QED) is 0.233. The van der Waals surface area contributed by atoms with Gasteiger partial charge in [0.1, 0.15) is 6.73 Å². The van der Waals surface area contributed by atoms with Crippen LogP contribution in [0.2, 0.25) is 0 Å². The molecule has 0 aromatic heterocycles. The van der Waals surface area contributed by atoms with E-state index in [0.717, 1.165) is 0 Å². The lowest BCUT2D eigenvalue weighted by Crippen LogP contribution is -2.41. The fourth-order valence-electron chi connectivity index (χ4n) is 0.296. The van der Waals surface area contributed by atoms with Crippen molar-refractivity contribution in [3.8, 4) is 0 Å². The number of nitrogens with one attached hydrogen (secondary N) is 3.